The number of thiophene rings is 1. The average molecular weight is 455 g/mol. The van der Waals surface area contributed by atoms with E-state index in [4.69, 9.17) is 9.47 Å². The first-order chi connectivity index (χ1) is 15.4. The molecule has 0 amide bonds. The molecule has 2 aromatic carbocycles. The Balaban J connectivity index is 1.92. The quantitative estimate of drug-likeness (QED) is 0.355. The van der Waals surface area contributed by atoms with Crippen LogP contribution in [0.4, 0.5) is 0 Å². The fourth-order valence-corrected chi connectivity index (χ4v) is 4.29. The number of aliphatic carboxylic acids is 1. The molecule has 0 radical (unpaired) electrons. The highest BCUT2D eigenvalue weighted by Crippen LogP contribution is 2.36. The summed E-state index contributed by atoms with van der Waals surface area (Å²) < 4.78 is 12.4. The Morgan fingerprint density at radius 3 is 2.53 bits per heavy atom. The molecule has 3 rings (SSSR count). The zero-order chi connectivity index (χ0) is 23.1. The molecule has 5 nitrogen and oxygen atoms in total. The number of aryl methyl sites for hydroxylation is 1. The monoisotopic (exact) mass is 454 g/mol. The molecule has 0 bridgehead atoms. The van der Waals surface area contributed by atoms with Crippen LogP contribution in [0.2, 0.25) is 0 Å². The van der Waals surface area contributed by atoms with Gasteiger partial charge in [-0.25, -0.2) is 0 Å². The summed E-state index contributed by atoms with van der Waals surface area (Å²) in [5.74, 6) is -0.244. The van der Waals surface area contributed by atoms with Crippen LogP contribution in [0, 0.1) is 12.8 Å². The number of ether oxygens (including phenoxy) is 2. The Bertz CT molecular complexity index is 1010. The summed E-state index contributed by atoms with van der Waals surface area (Å²) in [5.41, 5.74) is 3.69. The van der Waals surface area contributed by atoms with Crippen LogP contribution in [-0.4, -0.2) is 16.2 Å². The number of aliphatic hydroxyl groups is 1. The van der Waals surface area contributed by atoms with Crippen LogP contribution in [0.5, 0.6) is 11.5 Å². The van der Waals surface area contributed by atoms with Crippen molar-refractivity contribution in [2.45, 2.75) is 52.4 Å². The summed E-state index contributed by atoms with van der Waals surface area (Å²) >= 11 is 1.62. The van der Waals surface area contributed by atoms with Crippen molar-refractivity contribution in [1.29, 1.82) is 0 Å². The average Bonchev–Trinajstić information content (AvgIpc) is 3.29. The Morgan fingerprint density at radius 1 is 1.12 bits per heavy atom. The van der Waals surface area contributed by atoms with Crippen LogP contribution in [0.15, 0.2) is 59.3 Å². The summed E-state index contributed by atoms with van der Waals surface area (Å²) in [6.45, 7) is 5.98. The maximum absolute atomic E-state index is 11.7. The van der Waals surface area contributed by atoms with Crippen molar-refractivity contribution in [3.05, 3.63) is 81.5 Å². The van der Waals surface area contributed by atoms with E-state index in [1.807, 2.05) is 61.0 Å². The standard InChI is InChI=1S/C26H30O5S/c1-4-20(26(28)29)13-24(22-8-6-5-7-17(22)2)31-25-14-21(9-10-23(25)18(3)27)30-15-19-11-12-32-16-19/h5-12,14,16,18,20,24,27H,4,13,15H2,1-3H3,(H,28,29). The molecule has 0 aliphatic rings. The number of rotatable bonds is 11. The molecule has 1 aromatic heterocycles. The highest BCUT2D eigenvalue weighted by Gasteiger charge is 2.26. The Morgan fingerprint density at radius 2 is 1.91 bits per heavy atom. The predicted octanol–water partition coefficient (Wildman–Crippen LogP) is 6.31. The van der Waals surface area contributed by atoms with Gasteiger partial charge in [-0.3, -0.25) is 4.79 Å². The molecular weight excluding hydrogens is 424 g/mol. The fourth-order valence-electron chi connectivity index (χ4n) is 3.63. The third kappa shape index (κ3) is 6.11. The van der Waals surface area contributed by atoms with Crippen LogP contribution in [0.3, 0.4) is 0 Å². The van der Waals surface area contributed by atoms with Crippen LogP contribution < -0.4 is 9.47 Å². The molecule has 1 heterocycles. The number of hydrogen-bond acceptors (Lipinski definition) is 5. The van der Waals surface area contributed by atoms with E-state index in [9.17, 15) is 15.0 Å². The van der Waals surface area contributed by atoms with Gasteiger partial charge in [0.05, 0.1) is 12.0 Å². The number of benzene rings is 2. The van der Waals surface area contributed by atoms with Crippen LogP contribution in [0.1, 0.15) is 61.2 Å². The highest BCUT2D eigenvalue weighted by molar-refractivity contribution is 7.07. The number of carboxylic acid groups (broad SMARTS) is 1. The van der Waals surface area contributed by atoms with Crippen LogP contribution in [-0.2, 0) is 11.4 Å². The summed E-state index contributed by atoms with van der Waals surface area (Å²) in [7, 11) is 0. The van der Waals surface area contributed by atoms with E-state index < -0.39 is 24.1 Å². The van der Waals surface area contributed by atoms with Crippen molar-refractivity contribution in [3.63, 3.8) is 0 Å². The smallest absolute Gasteiger partial charge is 0.306 e. The van der Waals surface area contributed by atoms with Gasteiger partial charge in [0, 0.05) is 18.1 Å². The van der Waals surface area contributed by atoms with E-state index in [1.165, 1.54) is 0 Å². The van der Waals surface area contributed by atoms with Crippen molar-refractivity contribution in [2.75, 3.05) is 0 Å². The van der Waals surface area contributed by atoms with E-state index in [0.717, 1.165) is 16.7 Å². The Kier molecular flexibility index (Phi) is 8.31. The normalized spacial score (nSPS) is 13.9. The number of aliphatic hydroxyl groups excluding tert-OH is 1. The minimum Gasteiger partial charge on any atom is -0.489 e. The van der Waals surface area contributed by atoms with E-state index in [0.29, 0.717) is 36.5 Å². The molecule has 3 atom stereocenters. The van der Waals surface area contributed by atoms with Crippen molar-refractivity contribution in [3.8, 4) is 11.5 Å². The molecular formula is C26H30O5S. The van der Waals surface area contributed by atoms with Gasteiger partial charge in [-0.15, -0.1) is 0 Å². The third-order valence-corrected chi connectivity index (χ3v) is 6.30. The highest BCUT2D eigenvalue weighted by atomic mass is 32.1. The van der Waals surface area contributed by atoms with Gasteiger partial charge in [0.15, 0.2) is 0 Å². The lowest BCUT2D eigenvalue weighted by Crippen LogP contribution is -2.20. The topological polar surface area (TPSA) is 76.0 Å². The zero-order valence-corrected chi connectivity index (χ0v) is 19.5. The molecule has 0 saturated carbocycles. The number of carbonyl (C=O) groups is 1. The van der Waals surface area contributed by atoms with Gasteiger partial charge in [-0.05, 0) is 65.9 Å². The predicted molar refractivity (Wildman–Crippen MR) is 126 cm³/mol. The maximum atomic E-state index is 11.7. The van der Waals surface area contributed by atoms with E-state index in [2.05, 4.69) is 0 Å². The van der Waals surface area contributed by atoms with Crippen LogP contribution >= 0.6 is 11.3 Å². The largest absolute Gasteiger partial charge is 0.489 e. The summed E-state index contributed by atoms with van der Waals surface area (Å²) in [6.07, 6.45) is -0.374. The van der Waals surface area contributed by atoms with Crippen molar-refractivity contribution >= 4 is 17.3 Å². The molecule has 170 valence electrons. The summed E-state index contributed by atoms with van der Waals surface area (Å²) in [4.78, 5) is 11.7. The Hall–Kier alpha value is -2.83. The lowest BCUT2D eigenvalue weighted by atomic mass is 9.92. The molecule has 0 aliphatic carbocycles. The van der Waals surface area contributed by atoms with Crippen molar-refractivity contribution in [1.82, 2.24) is 0 Å². The molecule has 0 spiro atoms. The second-order valence-corrected chi connectivity index (χ2v) is 8.72. The minimum atomic E-state index is -0.835. The van der Waals surface area contributed by atoms with Crippen molar-refractivity contribution < 1.29 is 24.5 Å². The third-order valence-electron chi connectivity index (χ3n) is 5.57. The second-order valence-electron chi connectivity index (χ2n) is 7.94. The van der Waals surface area contributed by atoms with Crippen molar-refractivity contribution in [2.24, 2.45) is 5.92 Å². The van der Waals surface area contributed by atoms with Gasteiger partial charge in [0.25, 0.3) is 0 Å². The number of hydrogen-bond donors (Lipinski definition) is 2. The van der Waals surface area contributed by atoms with Gasteiger partial charge in [0.2, 0.25) is 0 Å². The first-order valence-electron chi connectivity index (χ1n) is 10.8. The van der Waals surface area contributed by atoms with Gasteiger partial charge < -0.3 is 19.7 Å². The lowest BCUT2D eigenvalue weighted by molar-refractivity contribution is -0.142. The maximum Gasteiger partial charge on any atom is 0.306 e. The molecule has 3 aromatic rings. The lowest BCUT2D eigenvalue weighted by Gasteiger charge is -2.26. The Labute approximate surface area is 193 Å². The van der Waals surface area contributed by atoms with Gasteiger partial charge >= 0.3 is 5.97 Å². The first-order valence-corrected chi connectivity index (χ1v) is 11.7. The van der Waals surface area contributed by atoms with E-state index in [1.54, 1.807) is 30.4 Å². The molecule has 3 unspecified atom stereocenters. The fraction of sp³-hybridized carbons (Fsp3) is 0.346. The number of carboxylic acids is 1. The van der Waals surface area contributed by atoms with E-state index in [-0.39, 0.29) is 0 Å². The molecule has 0 fully saturated rings. The SMILES string of the molecule is CCC(CC(Oc1cc(OCc2ccsc2)ccc1C(C)O)c1ccccc1C)C(=O)O. The molecule has 0 aliphatic heterocycles. The van der Waals surface area contributed by atoms with Gasteiger partial charge in [-0.1, -0.05) is 31.2 Å². The summed E-state index contributed by atoms with van der Waals surface area (Å²) in [6, 6.07) is 15.2. The molecule has 2 N–H and O–H groups in total. The van der Waals surface area contributed by atoms with Crippen LogP contribution in [0.25, 0.3) is 0 Å². The zero-order valence-electron chi connectivity index (χ0n) is 18.7. The minimum absolute atomic E-state index is 0.329. The molecule has 6 heteroatoms. The second kappa shape index (κ2) is 11.2. The van der Waals surface area contributed by atoms with Gasteiger partial charge in [-0.2, -0.15) is 11.3 Å². The molecule has 0 saturated heterocycles. The molecule has 32 heavy (non-hydrogen) atoms. The van der Waals surface area contributed by atoms with E-state index >= 15 is 0 Å². The first kappa shape index (κ1) is 23.8. The van der Waals surface area contributed by atoms with Gasteiger partial charge in [0.1, 0.15) is 24.2 Å². The summed E-state index contributed by atoms with van der Waals surface area (Å²) in [5, 5.41) is 24.0.